The van der Waals surface area contributed by atoms with Crippen LogP contribution < -0.4 is 14.4 Å². The minimum Gasteiger partial charge on any atom is -0.457 e. The summed E-state index contributed by atoms with van der Waals surface area (Å²) < 4.78 is 46.8. The number of anilines is 1. The van der Waals surface area contributed by atoms with Crippen molar-refractivity contribution in [1.82, 2.24) is 0 Å². The number of halogens is 4. The third kappa shape index (κ3) is 5.26. The largest absolute Gasteiger partial charge is 0.573 e. The maximum absolute atomic E-state index is 12.5. The van der Waals surface area contributed by atoms with E-state index in [9.17, 15) is 18.0 Å². The quantitative estimate of drug-likeness (QED) is 0.415. The van der Waals surface area contributed by atoms with Crippen molar-refractivity contribution in [2.45, 2.75) is 11.7 Å². The van der Waals surface area contributed by atoms with Gasteiger partial charge in [0.15, 0.2) is 0 Å². The summed E-state index contributed by atoms with van der Waals surface area (Å²) in [6.07, 6.45) is -4.75. The molecular formula is C22H15ClF3NO3S. The molecule has 0 aromatic heterocycles. The van der Waals surface area contributed by atoms with Crippen LogP contribution in [0.25, 0.3) is 0 Å². The van der Waals surface area contributed by atoms with Crippen LogP contribution in [0.15, 0.2) is 72.8 Å². The van der Waals surface area contributed by atoms with Gasteiger partial charge in [-0.05, 0) is 66.2 Å². The third-order valence-corrected chi connectivity index (χ3v) is 5.90. The molecular weight excluding hydrogens is 451 g/mol. The van der Waals surface area contributed by atoms with Crippen molar-refractivity contribution in [3.8, 4) is 17.2 Å². The first kappa shape index (κ1) is 21.4. The van der Waals surface area contributed by atoms with Crippen LogP contribution in [0.2, 0.25) is 5.02 Å². The molecule has 1 heterocycles. The summed E-state index contributed by atoms with van der Waals surface area (Å²) in [6, 6.07) is 19.5. The first-order valence-electron chi connectivity index (χ1n) is 9.11. The average Bonchev–Trinajstić information content (AvgIpc) is 3.11. The zero-order valence-electron chi connectivity index (χ0n) is 15.8. The van der Waals surface area contributed by atoms with Crippen molar-refractivity contribution in [3.63, 3.8) is 0 Å². The predicted molar refractivity (Wildman–Crippen MR) is 114 cm³/mol. The van der Waals surface area contributed by atoms with E-state index >= 15 is 0 Å². The summed E-state index contributed by atoms with van der Waals surface area (Å²) in [5.41, 5.74) is 1.37. The van der Waals surface area contributed by atoms with Crippen LogP contribution >= 0.6 is 23.4 Å². The van der Waals surface area contributed by atoms with E-state index in [1.807, 2.05) is 0 Å². The van der Waals surface area contributed by atoms with Gasteiger partial charge < -0.3 is 9.47 Å². The maximum atomic E-state index is 12.5. The summed E-state index contributed by atoms with van der Waals surface area (Å²) in [5, 5.41) is 0.257. The maximum Gasteiger partial charge on any atom is 0.573 e. The third-order valence-electron chi connectivity index (χ3n) is 4.43. The lowest BCUT2D eigenvalue weighted by atomic mass is 10.1. The van der Waals surface area contributed by atoms with Gasteiger partial charge in [-0.2, -0.15) is 0 Å². The van der Waals surface area contributed by atoms with Crippen molar-refractivity contribution in [1.29, 1.82) is 0 Å². The molecule has 31 heavy (non-hydrogen) atoms. The zero-order valence-corrected chi connectivity index (χ0v) is 17.4. The molecule has 1 saturated heterocycles. The number of nitrogens with zero attached hydrogens (tertiary/aromatic N) is 1. The summed E-state index contributed by atoms with van der Waals surface area (Å²) in [7, 11) is 0. The number of rotatable bonds is 5. The summed E-state index contributed by atoms with van der Waals surface area (Å²) in [5.74, 6) is 1.10. The Balaban J connectivity index is 1.50. The molecule has 1 unspecified atom stereocenters. The number of thioether (sulfide) groups is 1. The van der Waals surface area contributed by atoms with Crippen LogP contribution in [0.1, 0.15) is 10.9 Å². The monoisotopic (exact) mass is 465 g/mol. The van der Waals surface area contributed by atoms with Crippen LogP contribution in [0.4, 0.5) is 18.9 Å². The lowest BCUT2D eigenvalue weighted by Gasteiger charge is -2.24. The smallest absolute Gasteiger partial charge is 0.457 e. The Morgan fingerprint density at radius 1 is 0.871 bits per heavy atom. The fraction of sp³-hybridized carbons (Fsp3) is 0.136. The molecule has 0 aliphatic carbocycles. The summed E-state index contributed by atoms with van der Waals surface area (Å²) >= 11 is 7.27. The first-order valence-corrected chi connectivity index (χ1v) is 10.5. The van der Waals surface area contributed by atoms with Crippen LogP contribution in [-0.4, -0.2) is 18.0 Å². The Bertz CT molecular complexity index is 1060. The molecule has 1 atom stereocenters. The van der Waals surface area contributed by atoms with E-state index in [1.54, 1.807) is 53.4 Å². The lowest BCUT2D eigenvalue weighted by molar-refractivity contribution is -0.274. The Hall–Kier alpha value is -2.84. The van der Waals surface area contributed by atoms with Crippen molar-refractivity contribution in [2.24, 2.45) is 0 Å². The molecule has 4 rings (SSSR count). The molecule has 0 N–H and O–H groups in total. The Morgan fingerprint density at radius 2 is 1.42 bits per heavy atom. The zero-order chi connectivity index (χ0) is 22.0. The Kier molecular flexibility index (Phi) is 6.02. The van der Waals surface area contributed by atoms with E-state index in [2.05, 4.69) is 4.74 Å². The second kappa shape index (κ2) is 8.72. The number of ether oxygens (including phenoxy) is 2. The molecule has 1 fully saturated rings. The van der Waals surface area contributed by atoms with E-state index in [0.717, 1.165) is 0 Å². The predicted octanol–water partition coefficient (Wildman–Crippen LogP) is 6.81. The standard InChI is InChI=1S/C22H15ClF3NO3S/c23-15-3-9-17(10-4-15)29-18-11-5-16(6-12-18)27-20(28)13-31-21(27)14-1-7-19(8-2-14)30-22(24,25)26/h1-12,21H,13H2. The van der Waals surface area contributed by atoms with Gasteiger partial charge in [-0.1, -0.05) is 23.7 Å². The molecule has 9 heteroatoms. The van der Waals surface area contributed by atoms with Crippen molar-refractivity contribution >= 4 is 35.0 Å². The minimum atomic E-state index is -4.75. The molecule has 1 aliphatic rings. The van der Waals surface area contributed by atoms with E-state index in [1.165, 1.54) is 36.0 Å². The highest BCUT2D eigenvalue weighted by molar-refractivity contribution is 8.00. The van der Waals surface area contributed by atoms with Crippen LogP contribution in [-0.2, 0) is 4.79 Å². The van der Waals surface area contributed by atoms with Crippen LogP contribution in [0, 0.1) is 0 Å². The second-order valence-corrected chi connectivity index (χ2v) is 8.10. The molecule has 1 aliphatic heterocycles. The number of benzene rings is 3. The molecule has 4 nitrogen and oxygen atoms in total. The van der Waals surface area contributed by atoms with Crippen molar-refractivity contribution in [2.75, 3.05) is 10.7 Å². The van der Waals surface area contributed by atoms with Crippen LogP contribution in [0.3, 0.4) is 0 Å². The average molecular weight is 466 g/mol. The van der Waals surface area contributed by atoms with Gasteiger partial charge in [0.2, 0.25) is 5.91 Å². The van der Waals surface area contributed by atoms with Crippen molar-refractivity contribution < 1.29 is 27.4 Å². The normalized spacial score (nSPS) is 16.5. The number of hydrogen-bond acceptors (Lipinski definition) is 4. The lowest BCUT2D eigenvalue weighted by Crippen LogP contribution is -2.27. The molecule has 0 bridgehead atoms. The fourth-order valence-corrected chi connectivity index (χ4v) is 4.40. The summed E-state index contributed by atoms with van der Waals surface area (Å²) in [4.78, 5) is 14.1. The van der Waals surface area contributed by atoms with Gasteiger partial charge in [-0.15, -0.1) is 24.9 Å². The highest BCUT2D eigenvalue weighted by atomic mass is 35.5. The van der Waals surface area contributed by atoms with E-state index in [4.69, 9.17) is 16.3 Å². The highest BCUT2D eigenvalue weighted by Gasteiger charge is 2.35. The molecule has 0 saturated carbocycles. The molecule has 0 spiro atoms. The topological polar surface area (TPSA) is 38.8 Å². The second-order valence-electron chi connectivity index (χ2n) is 6.59. The SMILES string of the molecule is O=C1CSC(c2ccc(OC(F)(F)F)cc2)N1c1ccc(Oc2ccc(Cl)cc2)cc1. The first-order chi connectivity index (χ1) is 14.8. The van der Waals surface area contributed by atoms with Gasteiger partial charge in [-0.25, -0.2) is 0 Å². The fourth-order valence-electron chi connectivity index (χ4n) is 3.10. The van der Waals surface area contributed by atoms with Gasteiger partial charge in [-0.3, -0.25) is 9.69 Å². The van der Waals surface area contributed by atoms with Gasteiger partial charge in [0, 0.05) is 10.7 Å². The Morgan fingerprint density at radius 3 is 2.00 bits per heavy atom. The number of carbonyl (C=O) groups is 1. The van der Waals surface area contributed by atoms with Gasteiger partial charge in [0.05, 0.1) is 5.75 Å². The molecule has 3 aromatic carbocycles. The van der Waals surface area contributed by atoms with Crippen LogP contribution in [0.5, 0.6) is 17.2 Å². The number of amides is 1. The molecule has 0 radical (unpaired) electrons. The summed E-state index contributed by atoms with van der Waals surface area (Å²) in [6.45, 7) is 0. The minimum absolute atomic E-state index is 0.0861. The molecule has 1 amide bonds. The highest BCUT2D eigenvalue weighted by Crippen LogP contribution is 2.42. The van der Waals surface area contributed by atoms with E-state index in [0.29, 0.717) is 27.8 Å². The number of carbonyl (C=O) groups excluding carboxylic acids is 1. The van der Waals surface area contributed by atoms with E-state index in [-0.39, 0.29) is 22.8 Å². The number of alkyl halides is 3. The van der Waals surface area contributed by atoms with Gasteiger partial charge in [0.1, 0.15) is 22.6 Å². The molecule has 160 valence electrons. The van der Waals surface area contributed by atoms with Crippen molar-refractivity contribution in [3.05, 3.63) is 83.4 Å². The number of hydrogen-bond donors (Lipinski definition) is 0. The van der Waals surface area contributed by atoms with Gasteiger partial charge >= 0.3 is 6.36 Å². The molecule has 3 aromatic rings. The van der Waals surface area contributed by atoms with E-state index < -0.39 is 6.36 Å². The van der Waals surface area contributed by atoms with Gasteiger partial charge in [0.25, 0.3) is 0 Å². The Labute approximate surface area is 185 Å².